The second-order valence-electron chi connectivity index (χ2n) is 3.71. The topological polar surface area (TPSA) is 15.6 Å². The molecular formula is C15H16N2. The highest BCUT2D eigenvalue weighted by Gasteiger charge is 1.99. The van der Waals surface area contributed by atoms with Gasteiger partial charge < -0.3 is 0 Å². The number of nitrogens with zero attached hydrogens (tertiary/aromatic N) is 2. The van der Waals surface area contributed by atoms with Crippen molar-refractivity contribution in [2.24, 2.45) is 5.10 Å². The Morgan fingerprint density at radius 3 is 2.12 bits per heavy atom. The molecule has 2 aromatic rings. The Morgan fingerprint density at radius 2 is 1.53 bits per heavy atom. The molecule has 0 saturated carbocycles. The van der Waals surface area contributed by atoms with E-state index < -0.39 is 0 Å². The van der Waals surface area contributed by atoms with Crippen LogP contribution in [0.4, 0.5) is 5.69 Å². The standard InChI is InChI=1S/C15H16N2/c1-2-17(15-11-7-4-8-12-15)16-13-14-9-5-3-6-10-14/h3-13H,2H2,1H3. The van der Waals surface area contributed by atoms with Crippen molar-refractivity contribution in [3.8, 4) is 0 Å². The van der Waals surface area contributed by atoms with Crippen molar-refractivity contribution in [1.29, 1.82) is 0 Å². The Morgan fingerprint density at radius 1 is 0.941 bits per heavy atom. The number of anilines is 1. The zero-order valence-electron chi connectivity index (χ0n) is 9.95. The van der Waals surface area contributed by atoms with Crippen molar-refractivity contribution in [2.45, 2.75) is 6.92 Å². The summed E-state index contributed by atoms with van der Waals surface area (Å²) in [6.07, 6.45) is 1.89. The highest BCUT2D eigenvalue weighted by molar-refractivity contribution is 5.80. The first kappa shape index (κ1) is 11.4. The molecule has 17 heavy (non-hydrogen) atoms. The Kier molecular flexibility index (Phi) is 3.92. The molecule has 0 aliphatic rings. The van der Waals surface area contributed by atoms with Crippen LogP contribution in [-0.2, 0) is 0 Å². The summed E-state index contributed by atoms with van der Waals surface area (Å²) >= 11 is 0. The lowest BCUT2D eigenvalue weighted by molar-refractivity contribution is 0.897. The molecule has 0 fully saturated rings. The molecule has 0 heterocycles. The summed E-state index contributed by atoms with van der Waals surface area (Å²) in [6, 6.07) is 20.3. The van der Waals surface area contributed by atoms with Crippen LogP contribution in [0.15, 0.2) is 65.8 Å². The van der Waals surface area contributed by atoms with E-state index in [1.807, 2.05) is 59.8 Å². The fraction of sp³-hybridized carbons (Fsp3) is 0.133. The van der Waals surface area contributed by atoms with Gasteiger partial charge in [0.2, 0.25) is 0 Å². The molecular weight excluding hydrogens is 208 g/mol. The lowest BCUT2D eigenvalue weighted by Gasteiger charge is -2.16. The van der Waals surface area contributed by atoms with Crippen molar-refractivity contribution in [1.82, 2.24) is 0 Å². The van der Waals surface area contributed by atoms with Gasteiger partial charge >= 0.3 is 0 Å². The van der Waals surface area contributed by atoms with E-state index in [1.165, 1.54) is 0 Å². The second kappa shape index (κ2) is 5.85. The van der Waals surface area contributed by atoms with Gasteiger partial charge in [-0.05, 0) is 24.6 Å². The molecule has 0 atom stereocenters. The van der Waals surface area contributed by atoms with Crippen LogP contribution in [0.3, 0.4) is 0 Å². The van der Waals surface area contributed by atoms with Crippen molar-refractivity contribution in [3.05, 3.63) is 66.2 Å². The third-order valence-corrected chi connectivity index (χ3v) is 2.50. The SMILES string of the molecule is CCN(N=Cc1ccccc1)c1ccccc1. The summed E-state index contributed by atoms with van der Waals surface area (Å²) in [7, 11) is 0. The summed E-state index contributed by atoms with van der Waals surface area (Å²) in [4.78, 5) is 0. The van der Waals surface area contributed by atoms with Crippen molar-refractivity contribution >= 4 is 11.9 Å². The van der Waals surface area contributed by atoms with Gasteiger partial charge in [-0.2, -0.15) is 5.10 Å². The molecule has 0 aliphatic carbocycles. The van der Waals surface area contributed by atoms with E-state index in [9.17, 15) is 0 Å². The third kappa shape index (κ3) is 3.18. The lowest BCUT2D eigenvalue weighted by Crippen LogP contribution is -2.15. The molecule has 0 saturated heterocycles. The molecule has 0 unspecified atom stereocenters. The molecule has 2 heteroatoms. The average molecular weight is 224 g/mol. The van der Waals surface area contributed by atoms with E-state index in [-0.39, 0.29) is 0 Å². The number of hydrazone groups is 1. The molecule has 86 valence electrons. The van der Waals surface area contributed by atoms with Gasteiger partial charge in [-0.25, -0.2) is 0 Å². The Labute approximate surface area is 102 Å². The first-order valence-corrected chi connectivity index (χ1v) is 5.82. The highest BCUT2D eigenvalue weighted by atomic mass is 15.4. The van der Waals surface area contributed by atoms with Crippen LogP contribution in [-0.4, -0.2) is 12.8 Å². The quantitative estimate of drug-likeness (QED) is 0.573. The van der Waals surface area contributed by atoms with E-state index in [4.69, 9.17) is 0 Å². The van der Waals surface area contributed by atoms with E-state index >= 15 is 0 Å². The number of hydrogen-bond acceptors (Lipinski definition) is 2. The smallest absolute Gasteiger partial charge is 0.0593 e. The molecule has 0 aromatic heterocycles. The van der Waals surface area contributed by atoms with Crippen LogP contribution in [0.1, 0.15) is 12.5 Å². The van der Waals surface area contributed by atoms with Gasteiger partial charge in [-0.1, -0.05) is 48.5 Å². The summed E-state index contributed by atoms with van der Waals surface area (Å²) in [5, 5.41) is 6.47. The predicted molar refractivity (Wildman–Crippen MR) is 73.5 cm³/mol. The summed E-state index contributed by atoms with van der Waals surface area (Å²) in [6.45, 7) is 2.95. The minimum atomic E-state index is 0.855. The fourth-order valence-electron chi connectivity index (χ4n) is 1.61. The summed E-state index contributed by atoms with van der Waals surface area (Å²) in [5.74, 6) is 0. The maximum Gasteiger partial charge on any atom is 0.0593 e. The minimum Gasteiger partial charge on any atom is -0.266 e. The predicted octanol–water partition coefficient (Wildman–Crippen LogP) is 3.55. The van der Waals surface area contributed by atoms with Crippen LogP contribution in [0, 0.1) is 0 Å². The largest absolute Gasteiger partial charge is 0.266 e. The second-order valence-corrected chi connectivity index (χ2v) is 3.71. The fourth-order valence-corrected chi connectivity index (χ4v) is 1.61. The first-order valence-electron chi connectivity index (χ1n) is 5.82. The van der Waals surface area contributed by atoms with Crippen LogP contribution in [0.5, 0.6) is 0 Å². The van der Waals surface area contributed by atoms with Crippen LogP contribution in [0.25, 0.3) is 0 Å². The van der Waals surface area contributed by atoms with E-state index in [2.05, 4.69) is 24.2 Å². The molecule has 2 rings (SSSR count). The lowest BCUT2D eigenvalue weighted by atomic mass is 10.2. The summed E-state index contributed by atoms with van der Waals surface area (Å²) < 4.78 is 0. The van der Waals surface area contributed by atoms with Crippen LogP contribution < -0.4 is 5.01 Å². The molecule has 0 N–H and O–H groups in total. The van der Waals surface area contributed by atoms with Gasteiger partial charge in [0.1, 0.15) is 0 Å². The number of para-hydroxylation sites is 1. The maximum atomic E-state index is 4.49. The summed E-state index contributed by atoms with van der Waals surface area (Å²) in [5.41, 5.74) is 2.23. The molecule has 0 amide bonds. The van der Waals surface area contributed by atoms with Crippen molar-refractivity contribution in [2.75, 3.05) is 11.6 Å². The number of benzene rings is 2. The van der Waals surface area contributed by atoms with Crippen LogP contribution in [0.2, 0.25) is 0 Å². The molecule has 0 spiro atoms. The van der Waals surface area contributed by atoms with E-state index in [0.717, 1.165) is 17.8 Å². The van der Waals surface area contributed by atoms with Crippen molar-refractivity contribution < 1.29 is 0 Å². The van der Waals surface area contributed by atoms with Gasteiger partial charge in [0, 0.05) is 6.54 Å². The van der Waals surface area contributed by atoms with Gasteiger partial charge in [0.25, 0.3) is 0 Å². The minimum absolute atomic E-state index is 0.855. The Hall–Kier alpha value is -2.09. The molecule has 2 aromatic carbocycles. The zero-order chi connectivity index (χ0) is 11.9. The molecule has 0 aliphatic heterocycles. The number of rotatable bonds is 4. The highest BCUT2D eigenvalue weighted by Crippen LogP contribution is 2.12. The first-order chi connectivity index (χ1) is 8.40. The van der Waals surface area contributed by atoms with Crippen LogP contribution >= 0.6 is 0 Å². The van der Waals surface area contributed by atoms with Crippen molar-refractivity contribution in [3.63, 3.8) is 0 Å². The van der Waals surface area contributed by atoms with E-state index in [1.54, 1.807) is 0 Å². The zero-order valence-corrected chi connectivity index (χ0v) is 9.95. The number of hydrogen-bond donors (Lipinski definition) is 0. The molecule has 0 radical (unpaired) electrons. The van der Waals surface area contributed by atoms with Gasteiger partial charge in [-0.3, -0.25) is 5.01 Å². The Balaban J connectivity index is 2.14. The van der Waals surface area contributed by atoms with Gasteiger partial charge in [0.15, 0.2) is 0 Å². The maximum absolute atomic E-state index is 4.49. The monoisotopic (exact) mass is 224 g/mol. The average Bonchev–Trinajstić information content (AvgIpc) is 2.42. The van der Waals surface area contributed by atoms with Gasteiger partial charge in [0.05, 0.1) is 11.9 Å². The molecule has 0 bridgehead atoms. The normalized spacial score (nSPS) is 10.6. The van der Waals surface area contributed by atoms with Gasteiger partial charge in [-0.15, -0.1) is 0 Å². The molecule has 2 nitrogen and oxygen atoms in total. The third-order valence-electron chi connectivity index (χ3n) is 2.50. The Bertz CT molecular complexity index is 463. The van der Waals surface area contributed by atoms with E-state index in [0.29, 0.717) is 0 Å².